The van der Waals surface area contributed by atoms with Gasteiger partial charge in [0.2, 0.25) is 0 Å². The Bertz CT molecular complexity index is 364. The third-order valence-electron chi connectivity index (χ3n) is 3.72. The number of aryl methyl sites for hydroxylation is 1. The van der Waals surface area contributed by atoms with Gasteiger partial charge in [-0.25, -0.2) is 0 Å². The van der Waals surface area contributed by atoms with Crippen molar-refractivity contribution in [1.29, 1.82) is 0 Å². The molecule has 3 rings (SSSR count). The molecule has 0 radical (unpaired) electrons. The van der Waals surface area contributed by atoms with Crippen molar-refractivity contribution in [3.8, 4) is 0 Å². The summed E-state index contributed by atoms with van der Waals surface area (Å²) >= 11 is 3.76. The number of hydrogen-bond donors (Lipinski definition) is 0. The van der Waals surface area contributed by atoms with Gasteiger partial charge in [0.1, 0.15) is 0 Å². The molecule has 4 heteroatoms. The van der Waals surface area contributed by atoms with Crippen LogP contribution < -0.4 is 4.90 Å². The highest BCUT2D eigenvalue weighted by Gasteiger charge is 2.40. The van der Waals surface area contributed by atoms with Crippen molar-refractivity contribution in [1.82, 2.24) is 10.2 Å². The van der Waals surface area contributed by atoms with Crippen LogP contribution in [0.25, 0.3) is 0 Å². The van der Waals surface area contributed by atoms with E-state index >= 15 is 0 Å². The summed E-state index contributed by atoms with van der Waals surface area (Å²) < 4.78 is 0. The van der Waals surface area contributed by atoms with E-state index in [1.54, 1.807) is 0 Å². The van der Waals surface area contributed by atoms with Crippen LogP contribution >= 0.6 is 15.9 Å². The van der Waals surface area contributed by atoms with Crippen LogP contribution in [0.1, 0.15) is 31.4 Å². The number of nitrogens with zero attached hydrogens (tertiary/aromatic N) is 3. The van der Waals surface area contributed by atoms with Gasteiger partial charge < -0.3 is 4.90 Å². The van der Waals surface area contributed by atoms with Crippen LogP contribution in [-0.2, 0) is 0 Å². The molecule has 86 valence electrons. The maximum Gasteiger partial charge on any atom is 0.151 e. The second kappa shape index (κ2) is 3.99. The van der Waals surface area contributed by atoms with Gasteiger partial charge in [0.05, 0.1) is 5.69 Å². The lowest BCUT2D eigenvalue weighted by atomic mass is 10.0. The Morgan fingerprint density at radius 3 is 2.44 bits per heavy atom. The van der Waals surface area contributed by atoms with Crippen molar-refractivity contribution in [3.05, 3.63) is 17.8 Å². The third-order valence-corrected chi connectivity index (χ3v) is 4.47. The first-order valence-electron chi connectivity index (χ1n) is 5.97. The van der Waals surface area contributed by atoms with Crippen LogP contribution in [-0.4, -0.2) is 27.1 Å². The van der Waals surface area contributed by atoms with Gasteiger partial charge >= 0.3 is 0 Å². The van der Waals surface area contributed by atoms with E-state index in [0.29, 0.717) is 16.9 Å². The summed E-state index contributed by atoms with van der Waals surface area (Å²) in [5.74, 6) is 1.07. The Morgan fingerprint density at radius 1 is 1.19 bits per heavy atom. The number of fused-ring (bicyclic) bond motifs is 2. The predicted molar refractivity (Wildman–Crippen MR) is 68.0 cm³/mol. The molecule has 0 amide bonds. The number of halogens is 1. The molecule has 2 atom stereocenters. The molecule has 2 aliphatic rings. The summed E-state index contributed by atoms with van der Waals surface area (Å²) in [6.45, 7) is 1.98. The Labute approximate surface area is 104 Å². The monoisotopic (exact) mass is 281 g/mol. The van der Waals surface area contributed by atoms with Gasteiger partial charge in [-0.3, -0.25) is 0 Å². The molecule has 2 unspecified atom stereocenters. The first-order valence-corrected chi connectivity index (χ1v) is 6.88. The number of alkyl halides is 1. The molecule has 1 aromatic heterocycles. The van der Waals surface area contributed by atoms with Crippen LogP contribution in [0.4, 0.5) is 5.82 Å². The van der Waals surface area contributed by atoms with Crippen LogP contribution in [0.5, 0.6) is 0 Å². The van der Waals surface area contributed by atoms with Crippen LogP contribution in [0.15, 0.2) is 12.1 Å². The quantitative estimate of drug-likeness (QED) is 0.742. The number of anilines is 1. The molecule has 3 heterocycles. The SMILES string of the molecule is Cc1ccc(N2C3CCC2CC(Br)C3)nn1. The minimum atomic E-state index is 0.667. The van der Waals surface area contributed by atoms with Gasteiger partial charge in [-0.1, -0.05) is 15.9 Å². The fourth-order valence-corrected chi connectivity index (χ4v) is 3.88. The molecular formula is C12H16BrN3. The van der Waals surface area contributed by atoms with Crippen LogP contribution in [0.2, 0.25) is 0 Å². The molecule has 3 nitrogen and oxygen atoms in total. The summed E-state index contributed by atoms with van der Waals surface area (Å²) in [7, 11) is 0. The van der Waals surface area contributed by atoms with Gasteiger partial charge in [-0.15, -0.1) is 5.10 Å². The Morgan fingerprint density at radius 2 is 1.88 bits per heavy atom. The maximum atomic E-state index is 4.33. The van der Waals surface area contributed by atoms with E-state index in [0.717, 1.165) is 11.5 Å². The minimum Gasteiger partial charge on any atom is -0.349 e. The number of piperidine rings is 1. The molecule has 0 aliphatic carbocycles. The summed E-state index contributed by atoms with van der Waals surface area (Å²) in [4.78, 5) is 3.18. The van der Waals surface area contributed by atoms with Gasteiger partial charge in [-0.2, -0.15) is 5.10 Å². The Hall–Kier alpha value is -0.640. The topological polar surface area (TPSA) is 29.0 Å². The lowest BCUT2D eigenvalue weighted by Crippen LogP contribution is -2.43. The van der Waals surface area contributed by atoms with E-state index < -0.39 is 0 Å². The normalized spacial score (nSPS) is 33.1. The van der Waals surface area contributed by atoms with E-state index in [-0.39, 0.29) is 0 Å². The van der Waals surface area contributed by atoms with E-state index in [2.05, 4.69) is 43.2 Å². The van der Waals surface area contributed by atoms with Gasteiger partial charge in [0.15, 0.2) is 5.82 Å². The molecular weight excluding hydrogens is 266 g/mol. The van der Waals surface area contributed by atoms with Crippen molar-refractivity contribution in [2.75, 3.05) is 4.90 Å². The third kappa shape index (κ3) is 1.73. The molecule has 0 spiro atoms. The predicted octanol–water partition coefficient (Wildman–Crippen LogP) is 2.68. The summed E-state index contributed by atoms with van der Waals surface area (Å²) in [6, 6.07) is 5.50. The van der Waals surface area contributed by atoms with Gasteiger partial charge in [-0.05, 0) is 44.7 Å². The molecule has 1 aromatic rings. The highest BCUT2D eigenvalue weighted by molar-refractivity contribution is 9.09. The molecule has 2 bridgehead atoms. The molecule has 2 fully saturated rings. The van der Waals surface area contributed by atoms with Crippen molar-refractivity contribution in [2.24, 2.45) is 0 Å². The molecule has 2 aliphatic heterocycles. The largest absolute Gasteiger partial charge is 0.349 e. The average molecular weight is 282 g/mol. The fourth-order valence-electron chi connectivity index (χ4n) is 3.01. The highest BCUT2D eigenvalue weighted by atomic mass is 79.9. The standard InChI is InChI=1S/C12H16BrN3/c1-8-2-5-12(15-14-8)16-10-3-4-11(16)7-9(13)6-10/h2,5,9-11H,3-4,6-7H2,1H3. The lowest BCUT2D eigenvalue weighted by molar-refractivity contribution is 0.477. The second-order valence-corrected chi connectivity index (χ2v) is 6.19. The number of hydrogen-bond acceptors (Lipinski definition) is 3. The van der Waals surface area contributed by atoms with Crippen molar-refractivity contribution >= 4 is 21.7 Å². The van der Waals surface area contributed by atoms with E-state index in [1.165, 1.54) is 25.7 Å². The summed E-state index contributed by atoms with van der Waals surface area (Å²) in [6.07, 6.45) is 5.10. The smallest absolute Gasteiger partial charge is 0.151 e. The van der Waals surface area contributed by atoms with E-state index in [9.17, 15) is 0 Å². The zero-order chi connectivity index (χ0) is 11.1. The van der Waals surface area contributed by atoms with Crippen molar-refractivity contribution in [3.63, 3.8) is 0 Å². The Kier molecular flexibility index (Phi) is 2.62. The van der Waals surface area contributed by atoms with Gasteiger partial charge in [0, 0.05) is 16.9 Å². The van der Waals surface area contributed by atoms with E-state index in [1.807, 2.05) is 6.92 Å². The van der Waals surface area contributed by atoms with Gasteiger partial charge in [0.25, 0.3) is 0 Å². The van der Waals surface area contributed by atoms with Crippen molar-refractivity contribution in [2.45, 2.75) is 49.5 Å². The fraction of sp³-hybridized carbons (Fsp3) is 0.667. The summed E-state index contributed by atoms with van der Waals surface area (Å²) in [5, 5.41) is 8.50. The van der Waals surface area contributed by atoms with Crippen LogP contribution in [0, 0.1) is 6.92 Å². The molecule has 0 saturated carbocycles. The zero-order valence-corrected chi connectivity index (χ0v) is 11.0. The molecule has 16 heavy (non-hydrogen) atoms. The highest BCUT2D eigenvalue weighted by Crippen LogP contribution is 2.40. The zero-order valence-electron chi connectivity index (χ0n) is 9.43. The summed E-state index contributed by atoms with van der Waals surface area (Å²) in [5.41, 5.74) is 0.992. The molecule has 0 N–H and O–H groups in total. The Balaban J connectivity index is 1.88. The maximum absolute atomic E-state index is 4.33. The first-order chi connectivity index (χ1) is 7.74. The van der Waals surface area contributed by atoms with Crippen molar-refractivity contribution < 1.29 is 0 Å². The van der Waals surface area contributed by atoms with E-state index in [4.69, 9.17) is 0 Å². The first kappa shape index (κ1) is 10.5. The average Bonchev–Trinajstić information content (AvgIpc) is 2.54. The molecule has 0 aromatic carbocycles. The minimum absolute atomic E-state index is 0.667. The molecule has 2 saturated heterocycles. The van der Waals surface area contributed by atoms with Crippen LogP contribution in [0.3, 0.4) is 0 Å². The lowest BCUT2D eigenvalue weighted by Gasteiger charge is -2.37. The number of rotatable bonds is 1. The second-order valence-electron chi connectivity index (χ2n) is 4.89. The number of aromatic nitrogens is 2.